The zero-order valence-corrected chi connectivity index (χ0v) is 12.2. The fourth-order valence-electron chi connectivity index (χ4n) is 2.84. The first-order chi connectivity index (χ1) is 8.22. The second-order valence-corrected chi connectivity index (χ2v) is 7.26. The Hall–Kier alpha value is -0.770. The van der Waals surface area contributed by atoms with Crippen LogP contribution in [0.5, 0.6) is 0 Å². The normalized spacial score (nSPS) is 25.9. The highest BCUT2D eigenvalue weighted by Gasteiger charge is 2.56. The lowest BCUT2D eigenvalue weighted by Crippen LogP contribution is -2.77. The van der Waals surface area contributed by atoms with Crippen molar-refractivity contribution in [3.05, 3.63) is 0 Å². The summed E-state index contributed by atoms with van der Waals surface area (Å²) in [5, 5.41) is 3.50. The molecule has 4 heteroatoms. The van der Waals surface area contributed by atoms with E-state index in [9.17, 15) is 4.79 Å². The van der Waals surface area contributed by atoms with Crippen molar-refractivity contribution in [3.8, 4) is 0 Å². The van der Waals surface area contributed by atoms with Gasteiger partial charge in [0.25, 0.3) is 0 Å². The predicted octanol–water partition coefficient (Wildman–Crippen LogP) is 2.24. The van der Waals surface area contributed by atoms with Crippen molar-refractivity contribution < 1.29 is 9.53 Å². The average Bonchev–Trinajstić information content (AvgIpc) is 2.07. The Bertz CT molecular complexity index is 327. The van der Waals surface area contributed by atoms with E-state index in [4.69, 9.17) is 4.74 Å². The van der Waals surface area contributed by atoms with Crippen LogP contribution in [0.1, 0.15) is 41.0 Å². The molecule has 18 heavy (non-hydrogen) atoms. The van der Waals surface area contributed by atoms with E-state index in [-0.39, 0.29) is 6.09 Å². The van der Waals surface area contributed by atoms with Crippen molar-refractivity contribution in [1.82, 2.24) is 10.2 Å². The molecule has 0 radical (unpaired) electrons. The SMILES string of the molecule is CC(C)C[C@H]1NCC12CN(C(=O)OC(C)(C)C)C2. The van der Waals surface area contributed by atoms with Crippen molar-refractivity contribution in [1.29, 1.82) is 0 Å². The number of rotatable bonds is 2. The molecule has 1 amide bonds. The van der Waals surface area contributed by atoms with Crippen LogP contribution >= 0.6 is 0 Å². The first-order valence-electron chi connectivity index (χ1n) is 6.93. The summed E-state index contributed by atoms with van der Waals surface area (Å²) in [6.45, 7) is 13.0. The topological polar surface area (TPSA) is 41.6 Å². The third-order valence-corrected chi connectivity index (χ3v) is 3.81. The van der Waals surface area contributed by atoms with E-state index < -0.39 is 5.60 Å². The van der Waals surface area contributed by atoms with Gasteiger partial charge in [0, 0.05) is 31.1 Å². The summed E-state index contributed by atoms with van der Waals surface area (Å²) in [4.78, 5) is 13.7. The lowest BCUT2D eigenvalue weighted by atomic mass is 9.65. The fourth-order valence-corrected chi connectivity index (χ4v) is 2.84. The van der Waals surface area contributed by atoms with Crippen LogP contribution in [0.3, 0.4) is 0 Å². The quantitative estimate of drug-likeness (QED) is 0.821. The van der Waals surface area contributed by atoms with E-state index in [1.54, 1.807) is 0 Å². The Morgan fingerprint density at radius 2 is 2.06 bits per heavy atom. The van der Waals surface area contributed by atoms with Crippen LogP contribution in [-0.4, -0.2) is 42.3 Å². The van der Waals surface area contributed by atoms with Gasteiger partial charge in [-0.25, -0.2) is 4.79 Å². The number of hydrogen-bond acceptors (Lipinski definition) is 3. The predicted molar refractivity (Wildman–Crippen MR) is 71.5 cm³/mol. The van der Waals surface area contributed by atoms with E-state index in [2.05, 4.69) is 19.2 Å². The molecule has 2 heterocycles. The van der Waals surface area contributed by atoms with Crippen LogP contribution in [0, 0.1) is 11.3 Å². The molecular formula is C14H26N2O2. The van der Waals surface area contributed by atoms with Gasteiger partial charge < -0.3 is 15.0 Å². The van der Waals surface area contributed by atoms with E-state index in [1.165, 1.54) is 6.42 Å². The Morgan fingerprint density at radius 3 is 2.44 bits per heavy atom. The largest absolute Gasteiger partial charge is 0.444 e. The van der Waals surface area contributed by atoms with Crippen molar-refractivity contribution in [2.75, 3.05) is 19.6 Å². The first-order valence-corrected chi connectivity index (χ1v) is 6.93. The van der Waals surface area contributed by atoms with Crippen LogP contribution < -0.4 is 5.32 Å². The molecule has 0 saturated carbocycles. The van der Waals surface area contributed by atoms with Gasteiger partial charge in [0.2, 0.25) is 0 Å². The minimum absolute atomic E-state index is 0.164. The number of hydrogen-bond donors (Lipinski definition) is 1. The van der Waals surface area contributed by atoms with Gasteiger partial charge in [0.15, 0.2) is 0 Å². The molecule has 0 aromatic heterocycles. The van der Waals surface area contributed by atoms with E-state index in [0.717, 1.165) is 19.6 Å². The molecule has 2 aliphatic heterocycles. The number of nitrogens with zero attached hydrogens (tertiary/aromatic N) is 1. The lowest BCUT2D eigenvalue weighted by Gasteiger charge is -2.61. The molecule has 0 aliphatic carbocycles. The zero-order valence-electron chi connectivity index (χ0n) is 12.2. The summed E-state index contributed by atoms with van der Waals surface area (Å²) in [7, 11) is 0. The summed E-state index contributed by atoms with van der Waals surface area (Å²) in [6, 6.07) is 0.580. The second kappa shape index (κ2) is 4.41. The van der Waals surface area contributed by atoms with Crippen molar-refractivity contribution in [2.45, 2.75) is 52.7 Å². The standard InChI is InChI=1S/C14H26N2O2/c1-10(2)6-11-14(7-15-11)8-16(9-14)12(17)18-13(3,4)5/h10-11,15H,6-9H2,1-5H3/t11-/m1/s1. The first kappa shape index (κ1) is 13.7. The summed E-state index contributed by atoms with van der Waals surface area (Å²) in [5.74, 6) is 0.704. The maximum Gasteiger partial charge on any atom is 0.410 e. The molecule has 2 rings (SSSR count). The van der Waals surface area contributed by atoms with Gasteiger partial charge in [0.05, 0.1) is 0 Å². The Kier molecular flexibility index (Phi) is 3.34. The van der Waals surface area contributed by atoms with Crippen molar-refractivity contribution in [3.63, 3.8) is 0 Å². The minimum atomic E-state index is -0.394. The molecule has 0 aromatic carbocycles. The number of amides is 1. The molecule has 104 valence electrons. The van der Waals surface area contributed by atoms with Gasteiger partial charge in [-0.2, -0.15) is 0 Å². The van der Waals surface area contributed by atoms with Gasteiger partial charge in [-0.3, -0.25) is 0 Å². The summed E-state index contributed by atoms with van der Waals surface area (Å²) >= 11 is 0. The van der Waals surface area contributed by atoms with Gasteiger partial charge >= 0.3 is 6.09 Å². The zero-order chi connectivity index (χ0) is 13.6. The van der Waals surface area contributed by atoms with E-state index in [0.29, 0.717) is 17.4 Å². The van der Waals surface area contributed by atoms with E-state index >= 15 is 0 Å². The molecule has 0 aromatic rings. The molecule has 1 spiro atoms. The highest BCUT2D eigenvalue weighted by molar-refractivity contribution is 5.69. The van der Waals surface area contributed by atoms with Crippen molar-refractivity contribution in [2.24, 2.45) is 11.3 Å². The second-order valence-electron chi connectivity index (χ2n) is 7.26. The molecule has 2 aliphatic rings. The maximum absolute atomic E-state index is 11.9. The molecule has 0 bridgehead atoms. The molecule has 1 atom stereocenters. The summed E-state index contributed by atoms with van der Waals surface area (Å²) in [5.41, 5.74) is -0.0593. The van der Waals surface area contributed by atoms with Gasteiger partial charge in [-0.1, -0.05) is 13.8 Å². The number of ether oxygens (including phenoxy) is 1. The molecule has 2 saturated heterocycles. The molecule has 4 nitrogen and oxygen atoms in total. The van der Waals surface area contributed by atoms with Crippen LogP contribution in [0.15, 0.2) is 0 Å². The molecule has 0 unspecified atom stereocenters. The van der Waals surface area contributed by atoms with Gasteiger partial charge in [-0.05, 0) is 33.1 Å². The van der Waals surface area contributed by atoms with Crippen LogP contribution in [0.25, 0.3) is 0 Å². The van der Waals surface area contributed by atoms with Crippen LogP contribution in [-0.2, 0) is 4.74 Å². The molecule has 1 N–H and O–H groups in total. The number of nitrogens with one attached hydrogen (secondary N) is 1. The lowest BCUT2D eigenvalue weighted by molar-refractivity contribution is -0.0881. The van der Waals surface area contributed by atoms with Crippen LogP contribution in [0.2, 0.25) is 0 Å². The number of likely N-dealkylation sites (tertiary alicyclic amines) is 1. The third-order valence-electron chi connectivity index (χ3n) is 3.81. The van der Waals surface area contributed by atoms with Gasteiger partial charge in [-0.15, -0.1) is 0 Å². The Labute approximate surface area is 110 Å². The smallest absolute Gasteiger partial charge is 0.410 e. The Morgan fingerprint density at radius 1 is 1.44 bits per heavy atom. The number of carbonyl (C=O) groups excluding carboxylic acids is 1. The number of carbonyl (C=O) groups is 1. The molecule has 2 fully saturated rings. The van der Waals surface area contributed by atoms with Gasteiger partial charge in [0.1, 0.15) is 5.60 Å². The fraction of sp³-hybridized carbons (Fsp3) is 0.929. The maximum atomic E-state index is 11.9. The summed E-state index contributed by atoms with van der Waals surface area (Å²) < 4.78 is 5.39. The monoisotopic (exact) mass is 254 g/mol. The Balaban J connectivity index is 1.81. The molecular weight excluding hydrogens is 228 g/mol. The highest BCUT2D eigenvalue weighted by Crippen LogP contribution is 2.42. The minimum Gasteiger partial charge on any atom is -0.444 e. The third kappa shape index (κ3) is 2.63. The van der Waals surface area contributed by atoms with E-state index in [1.807, 2.05) is 25.7 Å². The average molecular weight is 254 g/mol. The highest BCUT2D eigenvalue weighted by atomic mass is 16.6. The van der Waals surface area contributed by atoms with Crippen LogP contribution in [0.4, 0.5) is 4.79 Å². The summed E-state index contributed by atoms with van der Waals surface area (Å²) in [6.07, 6.45) is 1.03. The van der Waals surface area contributed by atoms with Crippen molar-refractivity contribution >= 4 is 6.09 Å².